The molecule has 1 aromatic rings. The summed E-state index contributed by atoms with van der Waals surface area (Å²) in [5, 5.41) is 8.09. The maximum Gasteiger partial charge on any atom is 0.0762 e. The summed E-state index contributed by atoms with van der Waals surface area (Å²) >= 11 is 0. The molecule has 1 heterocycles. The first-order chi connectivity index (χ1) is 8.79. The molecule has 1 atom stereocenters. The third kappa shape index (κ3) is 3.82. The number of aromatic nitrogens is 2. The molecule has 1 aliphatic carbocycles. The van der Waals surface area contributed by atoms with E-state index < -0.39 is 0 Å². The van der Waals surface area contributed by atoms with Gasteiger partial charge in [0, 0.05) is 33.0 Å². The Morgan fingerprint density at radius 3 is 3.00 bits per heavy atom. The number of hydrogen-bond acceptors (Lipinski definition) is 3. The van der Waals surface area contributed by atoms with Crippen LogP contribution in [0.1, 0.15) is 44.3 Å². The van der Waals surface area contributed by atoms with E-state index in [9.17, 15) is 0 Å². The van der Waals surface area contributed by atoms with Crippen molar-refractivity contribution in [3.8, 4) is 0 Å². The molecule has 0 amide bonds. The van der Waals surface area contributed by atoms with E-state index in [-0.39, 0.29) is 0 Å². The maximum atomic E-state index is 5.12. The smallest absolute Gasteiger partial charge is 0.0762 e. The summed E-state index contributed by atoms with van der Waals surface area (Å²) in [7, 11) is 1.75. The standard InChI is InChI=1S/C14H25N3O/c1-12(11-18-2)9-15-10-13-7-8-17(16-13)14-5-3-4-6-14/h7-8,12,14-15H,3-6,9-11H2,1-2H3. The van der Waals surface area contributed by atoms with Gasteiger partial charge in [0.1, 0.15) is 0 Å². The Labute approximate surface area is 110 Å². The van der Waals surface area contributed by atoms with E-state index in [0.717, 1.165) is 25.4 Å². The summed E-state index contributed by atoms with van der Waals surface area (Å²) in [6, 6.07) is 2.78. The van der Waals surface area contributed by atoms with Crippen molar-refractivity contribution in [3.63, 3.8) is 0 Å². The van der Waals surface area contributed by atoms with Crippen LogP contribution in [0.15, 0.2) is 12.3 Å². The topological polar surface area (TPSA) is 39.1 Å². The molecule has 18 heavy (non-hydrogen) atoms. The zero-order chi connectivity index (χ0) is 12.8. The van der Waals surface area contributed by atoms with Crippen molar-refractivity contribution < 1.29 is 4.74 Å². The van der Waals surface area contributed by atoms with Crippen molar-refractivity contribution in [1.29, 1.82) is 0 Å². The highest BCUT2D eigenvalue weighted by Gasteiger charge is 2.17. The van der Waals surface area contributed by atoms with Gasteiger partial charge < -0.3 is 10.1 Å². The van der Waals surface area contributed by atoms with E-state index in [4.69, 9.17) is 4.74 Å². The zero-order valence-electron chi connectivity index (χ0n) is 11.6. The summed E-state index contributed by atoms with van der Waals surface area (Å²) in [5.74, 6) is 0.548. The normalized spacial score (nSPS) is 18.3. The van der Waals surface area contributed by atoms with Crippen molar-refractivity contribution in [2.24, 2.45) is 5.92 Å². The van der Waals surface area contributed by atoms with E-state index in [1.54, 1.807) is 7.11 Å². The van der Waals surface area contributed by atoms with Crippen LogP contribution in [0.25, 0.3) is 0 Å². The minimum atomic E-state index is 0.548. The first-order valence-electron chi connectivity index (χ1n) is 7.03. The Hall–Kier alpha value is -0.870. The van der Waals surface area contributed by atoms with Gasteiger partial charge in [-0.3, -0.25) is 4.68 Å². The molecular formula is C14H25N3O. The molecule has 1 unspecified atom stereocenters. The van der Waals surface area contributed by atoms with E-state index >= 15 is 0 Å². The average molecular weight is 251 g/mol. The molecule has 0 aromatic carbocycles. The lowest BCUT2D eigenvalue weighted by molar-refractivity contribution is 0.158. The largest absolute Gasteiger partial charge is 0.384 e. The van der Waals surface area contributed by atoms with Crippen LogP contribution >= 0.6 is 0 Å². The predicted molar refractivity (Wildman–Crippen MR) is 72.5 cm³/mol. The Morgan fingerprint density at radius 2 is 2.28 bits per heavy atom. The monoisotopic (exact) mass is 251 g/mol. The molecule has 2 rings (SSSR count). The molecule has 4 heteroatoms. The van der Waals surface area contributed by atoms with Crippen molar-refractivity contribution in [2.75, 3.05) is 20.3 Å². The highest BCUT2D eigenvalue weighted by atomic mass is 16.5. The molecular weight excluding hydrogens is 226 g/mol. The lowest BCUT2D eigenvalue weighted by atomic mass is 10.2. The zero-order valence-corrected chi connectivity index (χ0v) is 11.6. The highest BCUT2D eigenvalue weighted by Crippen LogP contribution is 2.28. The number of nitrogens with zero attached hydrogens (tertiary/aromatic N) is 2. The molecule has 0 bridgehead atoms. The van der Waals surface area contributed by atoms with Gasteiger partial charge in [-0.2, -0.15) is 5.10 Å². The minimum absolute atomic E-state index is 0.548. The van der Waals surface area contributed by atoms with Crippen LogP contribution in [0.5, 0.6) is 0 Å². The van der Waals surface area contributed by atoms with E-state index in [1.807, 2.05) is 0 Å². The molecule has 0 aliphatic heterocycles. The van der Waals surface area contributed by atoms with Gasteiger partial charge in [0.05, 0.1) is 11.7 Å². The van der Waals surface area contributed by atoms with Gasteiger partial charge in [-0.1, -0.05) is 19.8 Å². The molecule has 0 spiro atoms. The maximum absolute atomic E-state index is 5.12. The summed E-state index contributed by atoms with van der Waals surface area (Å²) in [5.41, 5.74) is 1.14. The third-order valence-electron chi connectivity index (χ3n) is 3.61. The van der Waals surface area contributed by atoms with Crippen molar-refractivity contribution in [2.45, 2.75) is 45.2 Å². The first-order valence-corrected chi connectivity index (χ1v) is 7.03. The van der Waals surface area contributed by atoms with Crippen LogP contribution in [-0.2, 0) is 11.3 Å². The average Bonchev–Trinajstić information content (AvgIpc) is 2.99. The summed E-state index contributed by atoms with van der Waals surface area (Å²) in [6.07, 6.45) is 7.42. The number of ether oxygens (including phenoxy) is 1. The Balaban J connectivity index is 1.73. The first kappa shape index (κ1) is 13.6. The molecule has 0 radical (unpaired) electrons. The van der Waals surface area contributed by atoms with Crippen LogP contribution in [0.3, 0.4) is 0 Å². The molecule has 1 fully saturated rings. The molecule has 102 valence electrons. The van der Waals surface area contributed by atoms with Crippen LogP contribution in [0.4, 0.5) is 0 Å². The molecule has 4 nitrogen and oxygen atoms in total. The van der Waals surface area contributed by atoms with Gasteiger partial charge in [0.15, 0.2) is 0 Å². The fraction of sp³-hybridized carbons (Fsp3) is 0.786. The van der Waals surface area contributed by atoms with Gasteiger partial charge in [0.2, 0.25) is 0 Å². The van der Waals surface area contributed by atoms with E-state index in [2.05, 4.69) is 34.3 Å². The summed E-state index contributed by atoms with van der Waals surface area (Å²) < 4.78 is 7.27. The second kappa shape index (κ2) is 6.90. The Kier molecular flexibility index (Phi) is 5.20. The minimum Gasteiger partial charge on any atom is -0.384 e. The number of nitrogens with one attached hydrogen (secondary N) is 1. The molecule has 1 aliphatic rings. The van der Waals surface area contributed by atoms with Crippen LogP contribution in [0.2, 0.25) is 0 Å². The van der Waals surface area contributed by atoms with Gasteiger partial charge >= 0.3 is 0 Å². The summed E-state index contributed by atoms with van der Waals surface area (Å²) in [6.45, 7) is 4.83. The van der Waals surface area contributed by atoms with Crippen LogP contribution in [-0.4, -0.2) is 30.0 Å². The third-order valence-corrected chi connectivity index (χ3v) is 3.61. The number of rotatable bonds is 7. The van der Waals surface area contributed by atoms with Crippen molar-refractivity contribution in [1.82, 2.24) is 15.1 Å². The Bertz CT molecular complexity index is 345. The van der Waals surface area contributed by atoms with Crippen molar-refractivity contribution in [3.05, 3.63) is 18.0 Å². The van der Waals surface area contributed by atoms with Gasteiger partial charge in [-0.25, -0.2) is 0 Å². The highest BCUT2D eigenvalue weighted by molar-refractivity contribution is 4.99. The number of methoxy groups -OCH3 is 1. The van der Waals surface area contributed by atoms with E-state index in [1.165, 1.54) is 25.7 Å². The SMILES string of the molecule is COCC(C)CNCc1ccn(C2CCCC2)n1. The van der Waals surface area contributed by atoms with Gasteiger partial charge in [-0.05, 0) is 24.8 Å². The number of hydrogen-bond donors (Lipinski definition) is 1. The molecule has 1 aromatic heterocycles. The van der Waals surface area contributed by atoms with Gasteiger partial charge in [0.25, 0.3) is 0 Å². The van der Waals surface area contributed by atoms with Crippen LogP contribution < -0.4 is 5.32 Å². The summed E-state index contributed by atoms with van der Waals surface area (Å²) in [4.78, 5) is 0. The fourth-order valence-corrected chi connectivity index (χ4v) is 2.63. The lowest BCUT2D eigenvalue weighted by Crippen LogP contribution is -2.23. The quantitative estimate of drug-likeness (QED) is 0.808. The van der Waals surface area contributed by atoms with Gasteiger partial charge in [-0.15, -0.1) is 0 Å². The second-order valence-corrected chi connectivity index (χ2v) is 5.42. The second-order valence-electron chi connectivity index (χ2n) is 5.42. The molecule has 1 N–H and O–H groups in total. The lowest BCUT2D eigenvalue weighted by Gasteiger charge is -2.11. The Morgan fingerprint density at radius 1 is 1.50 bits per heavy atom. The molecule has 0 saturated heterocycles. The molecule has 1 saturated carbocycles. The van der Waals surface area contributed by atoms with E-state index in [0.29, 0.717) is 12.0 Å². The fourth-order valence-electron chi connectivity index (χ4n) is 2.63. The predicted octanol–water partition coefficient (Wildman–Crippen LogP) is 2.37. The van der Waals surface area contributed by atoms with Crippen molar-refractivity contribution >= 4 is 0 Å². The van der Waals surface area contributed by atoms with Crippen LogP contribution in [0, 0.1) is 5.92 Å².